The van der Waals surface area contributed by atoms with Crippen molar-refractivity contribution in [2.24, 2.45) is 0 Å². The fourth-order valence-corrected chi connectivity index (χ4v) is 2.53. The number of rotatable bonds is 7. The minimum Gasteiger partial charge on any atom is -0.506 e. The van der Waals surface area contributed by atoms with Crippen LogP contribution >= 0.6 is 11.6 Å². The summed E-state index contributed by atoms with van der Waals surface area (Å²) in [6, 6.07) is 8.63. The van der Waals surface area contributed by atoms with Gasteiger partial charge in [-0.1, -0.05) is 11.6 Å². The van der Waals surface area contributed by atoms with Crippen molar-refractivity contribution in [3.63, 3.8) is 0 Å². The molecule has 0 aliphatic heterocycles. The molecule has 2 aromatic rings. The molecule has 0 radical (unpaired) electrons. The zero-order valence-corrected chi connectivity index (χ0v) is 15.5. The van der Waals surface area contributed by atoms with Gasteiger partial charge in [0.05, 0.1) is 31.0 Å². The van der Waals surface area contributed by atoms with Gasteiger partial charge in [0.1, 0.15) is 11.5 Å². The summed E-state index contributed by atoms with van der Waals surface area (Å²) in [5.74, 6) is -1.28. The van der Waals surface area contributed by atoms with Crippen LogP contribution in [0.5, 0.6) is 11.5 Å². The minimum atomic E-state index is -0.607. The zero-order valence-electron chi connectivity index (χ0n) is 14.7. The van der Waals surface area contributed by atoms with Crippen molar-refractivity contribution in [1.82, 2.24) is 0 Å². The Balaban J connectivity index is 1.99. The van der Waals surface area contributed by atoms with E-state index in [-0.39, 0.29) is 35.6 Å². The van der Waals surface area contributed by atoms with Crippen LogP contribution in [0.1, 0.15) is 33.6 Å². The lowest BCUT2D eigenvalue weighted by molar-refractivity contribution is -0.116. The Morgan fingerprint density at radius 2 is 1.81 bits per heavy atom. The maximum Gasteiger partial charge on any atom is 0.337 e. The number of nitrogens with one attached hydrogen (secondary N) is 1. The Morgan fingerprint density at radius 1 is 1.07 bits per heavy atom. The molecule has 27 heavy (non-hydrogen) atoms. The van der Waals surface area contributed by atoms with Gasteiger partial charge in [-0.05, 0) is 36.4 Å². The number of carbonyl (C=O) groups is 3. The Hall–Kier alpha value is -3.06. The molecule has 0 aliphatic rings. The maximum atomic E-state index is 12.3. The Labute approximate surface area is 160 Å². The van der Waals surface area contributed by atoms with E-state index in [1.54, 1.807) is 12.1 Å². The average Bonchev–Trinajstić information content (AvgIpc) is 2.66. The lowest BCUT2D eigenvalue weighted by Crippen LogP contribution is -2.14. The molecule has 0 unspecified atom stereocenters. The average molecular weight is 392 g/mol. The molecule has 0 fully saturated rings. The van der Waals surface area contributed by atoms with E-state index in [0.29, 0.717) is 16.3 Å². The largest absolute Gasteiger partial charge is 0.506 e. The third-order valence-electron chi connectivity index (χ3n) is 3.73. The maximum absolute atomic E-state index is 12.3. The molecule has 0 saturated carbocycles. The number of esters is 1. The van der Waals surface area contributed by atoms with Crippen LogP contribution in [0.2, 0.25) is 5.02 Å². The van der Waals surface area contributed by atoms with Gasteiger partial charge in [-0.25, -0.2) is 4.79 Å². The van der Waals surface area contributed by atoms with Crippen LogP contribution in [0.15, 0.2) is 36.4 Å². The first-order chi connectivity index (χ1) is 12.8. The van der Waals surface area contributed by atoms with Crippen LogP contribution in [-0.4, -0.2) is 37.0 Å². The fourth-order valence-electron chi connectivity index (χ4n) is 2.35. The number of aromatic hydroxyl groups is 1. The van der Waals surface area contributed by atoms with Crippen molar-refractivity contribution in [1.29, 1.82) is 0 Å². The van der Waals surface area contributed by atoms with E-state index in [0.717, 1.165) is 0 Å². The molecule has 0 heterocycles. The van der Waals surface area contributed by atoms with E-state index in [2.05, 4.69) is 10.1 Å². The van der Waals surface area contributed by atoms with E-state index < -0.39 is 11.9 Å². The van der Waals surface area contributed by atoms with Gasteiger partial charge in [-0.3, -0.25) is 9.59 Å². The smallest absolute Gasteiger partial charge is 0.337 e. The summed E-state index contributed by atoms with van der Waals surface area (Å²) < 4.78 is 9.68. The first-order valence-corrected chi connectivity index (χ1v) is 8.31. The van der Waals surface area contributed by atoms with Crippen molar-refractivity contribution >= 4 is 34.9 Å². The van der Waals surface area contributed by atoms with Crippen LogP contribution in [-0.2, 0) is 9.53 Å². The SMILES string of the molecule is COC(=O)c1ccc(NC(=O)CCC(=O)c2cc(Cl)ccc2OC)c(O)c1. The summed E-state index contributed by atoms with van der Waals surface area (Å²) in [5.41, 5.74) is 0.569. The van der Waals surface area contributed by atoms with Gasteiger partial charge in [0.15, 0.2) is 5.78 Å². The third kappa shape index (κ3) is 5.21. The van der Waals surface area contributed by atoms with E-state index >= 15 is 0 Å². The van der Waals surface area contributed by atoms with Crippen LogP contribution < -0.4 is 10.1 Å². The van der Waals surface area contributed by atoms with Crippen LogP contribution in [0.4, 0.5) is 5.69 Å². The first-order valence-electron chi connectivity index (χ1n) is 7.93. The predicted molar refractivity (Wildman–Crippen MR) is 99.6 cm³/mol. The minimum absolute atomic E-state index is 0.0659. The van der Waals surface area contributed by atoms with E-state index in [1.807, 2.05) is 0 Å². The standard InChI is InChI=1S/C19H18ClNO6/c1-26-17-7-4-12(20)10-13(17)15(22)6-8-18(24)21-14-5-3-11(9-16(14)23)19(25)27-2/h3-5,7,9-10,23H,6,8H2,1-2H3,(H,21,24). The summed E-state index contributed by atoms with van der Waals surface area (Å²) in [4.78, 5) is 35.8. The second kappa shape index (κ2) is 9.05. The van der Waals surface area contributed by atoms with Gasteiger partial charge in [0, 0.05) is 17.9 Å². The van der Waals surface area contributed by atoms with Gasteiger partial charge in [0.2, 0.25) is 5.91 Å². The highest BCUT2D eigenvalue weighted by atomic mass is 35.5. The normalized spacial score (nSPS) is 10.2. The summed E-state index contributed by atoms with van der Waals surface area (Å²) in [6.45, 7) is 0. The van der Waals surface area contributed by atoms with Crippen molar-refractivity contribution in [2.75, 3.05) is 19.5 Å². The van der Waals surface area contributed by atoms with Gasteiger partial charge >= 0.3 is 5.97 Å². The van der Waals surface area contributed by atoms with Crippen molar-refractivity contribution in [3.8, 4) is 11.5 Å². The number of hydrogen-bond donors (Lipinski definition) is 2. The fraction of sp³-hybridized carbons (Fsp3) is 0.211. The number of ether oxygens (including phenoxy) is 2. The first kappa shape index (κ1) is 20.3. The molecule has 7 nitrogen and oxygen atoms in total. The number of hydrogen-bond acceptors (Lipinski definition) is 6. The predicted octanol–water partition coefficient (Wildman–Crippen LogP) is 3.44. The number of carbonyl (C=O) groups excluding carboxylic acids is 3. The number of anilines is 1. The number of methoxy groups -OCH3 is 2. The number of phenolic OH excluding ortho intramolecular Hbond substituents is 1. The highest BCUT2D eigenvalue weighted by Gasteiger charge is 2.16. The van der Waals surface area contributed by atoms with Gasteiger partial charge in [-0.2, -0.15) is 0 Å². The molecular formula is C19H18ClNO6. The molecule has 2 N–H and O–H groups in total. The van der Waals surface area contributed by atoms with Gasteiger partial charge in [0.25, 0.3) is 0 Å². The number of ketones is 1. The molecule has 0 aromatic heterocycles. The number of phenols is 1. The van der Waals surface area contributed by atoms with E-state index in [9.17, 15) is 19.5 Å². The molecule has 0 saturated heterocycles. The zero-order chi connectivity index (χ0) is 20.0. The van der Waals surface area contributed by atoms with E-state index in [4.69, 9.17) is 16.3 Å². The molecule has 2 rings (SSSR count). The molecule has 1 amide bonds. The number of Topliss-reactive ketones (excluding diaryl/α,β-unsaturated/α-hetero) is 1. The Morgan fingerprint density at radius 3 is 2.44 bits per heavy atom. The quantitative estimate of drug-likeness (QED) is 0.426. The molecular weight excluding hydrogens is 374 g/mol. The second-order valence-corrected chi connectivity index (χ2v) is 5.98. The molecule has 0 atom stereocenters. The number of benzene rings is 2. The summed E-state index contributed by atoms with van der Waals surface area (Å²) >= 11 is 5.90. The summed E-state index contributed by atoms with van der Waals surface area (Å²) in [5, 5.41) is 12.8. The molecule has 2 aromatic carbocycles. The van der Waals surface area contributed by atoms with E-state index in [1.165, 1.54) is 38.5 Å². The highest BCUT2D eigenvalue weighted by Crippen LogP contribution is 2.26. The molecule has 0 spiro atoms. The Kier molecular flexibility index (Phi) is 6.79. The molecule has 8 heteroatoms. The molecule has 0 aliphatic carbocycles. The summed E-state index contributed by atoms with van der Waals surface area (Å²) in [7, 11) is 2.66. The Bertz CT molecular complexity index is 880. The highest BCUT2D eigenvalue weighted by molar-refractivity contribution is 6.31. The van der Waals surface area contributed by atoms with Crippen LogP contribution in [0.25, 0.3) is 0 Å². The van der Waals surface area contributed by atoms with Crippen LogP contribution in [0.3, 0.4) is 0 Å². The second-order valence-electron chi connectivity index (χ2n) is 5.54. The topological polar surface area (TPSA) is 102 Å². The summed E-state index contributed by atoms with van der Waals surface area (Å²) in [6.07, 6.45) is -0.170. The lowest BCUT2D eigenvalue weighted by atomic mass is 10.1. The third-order valence-corrected chi connectivity index (χ3v) is 3.97. The van der Waals surface area contributed by atoms with Crippen molar-refractivity contribution in [3.05, 3.63) is 52.5 Å². The van der Waals surface area contributed by atoms with Gasteiger partial charge in [-0.15, -0.1) is 0 Å². The molecule has 142 valence electrons. The monoisotopic (exact) mass is 391 g/mol. The van der Waals surface area contributed by atoms with Crippen LogP contribution in [0, 0.1) is 0 Å². The van der Waals surface area contributed by atoms with Gasteiger partial charge < -0.3 is 19.9 Å². The number of halogens is 1. The van der Waals surface area contributed by atoms with Crippen molar-refractivity contribution < 1.29 is 29.0 Å². The lowest BCUT2D eigenvalue weighted by Gasteiger charge is -2.10. The molecule has 0 bridgehead atoms. The number of amides is 1. The van der Waals surface area contributed by atoms with Crippen molar-refractivity contribution in [2.45, 2.75) is 12.8 Å².